The Morgan fingerprint density at radius 2 is 0.727 bits per heavy atom. The third-order valence-electron chi connectivity index (χ3n) is 4.06. The smallest absolute Gasteiger partial charge is 0.00773 e. The van der Waals surface area contributed by atoms with Crippen LogP contribution in [0.2, 0.25) is 0 Å². The van der Waals surface area contributed by atoms with E-state index >= 15 is 0 Å². The second-order valence-electron chi connectivity index (χ2n) is 6.09. The van der Waals surface area contributed by atoms with Crippen molar-refractivity contribution in [1.82, 2.24) is 0 Å². The molecule has 0 atom stereocenters. The van der Waals surface area contributed by atoms with Crippen LogP contribution >= 0.6 is 0 Å². The lowest BCUT2D eigenvalue weighted by Crippen LogP contribution is -1.97. The molecule has 0 rings (SSSR count). The van der Waals surface area contributed by atoms with E-state index in [2.05, 4.69) is 20.1 Å². The molecule has 136 valence electrons. The molecule has 0 fully saturated rings. The quantitative estimate of drug-likeness (QED) is 0.268. The van der Waals surface area contributed by atoms with Gasteiger partial charge in [-0.2, -0.15) is 0 Å². The third kappa shape index (κ3) is 27.9. The molecule has 0 aliphatic carbocycles. The van der Waals surface area contributed by atoms with E-state index < -0.39 is 0 Å². The third-order valence-corrected chi connectivity index (χ3v) is 4.06. The lowest BCUT2D eigenvalue weighted by atomic mass is 10.0. The molecule has 0 radical (unpaired) electrons. The lowest BCUT2D eigenvalue weighted by Gasteiger charge is -2.03. The van der Waals surface area contributed by atoms with Crippen molar-refractivity contribution in [1.29, 1.82) is 0 Å². The zero-order chi connectivity index (χ0) is 16.0. The molecule has 0 heterocycles. The van der Waals surface area contributed by atoms with Crippen molar-refractivity contribution in [3.8, 4) is 0 Å². The molecule has 0 aromatic carbocycles. The van der Waals surface area contributed by atoms with E-state index in [1.165, 1.54) is 103 Å². The van der Waals surface area contributed by atoms with Crippen LogP contribution in [0.25, 0.3) is 0 Å². The maximum Gasteiger partial charge on any atom is -0.00773 e. The Balaban J connectivity index is -0.00000115. The first-order chi connectivity index (χ1) is 10.4. The van der Waals surface area contributed by atoms with Crippen LogP contribution in [-0.4, -0.2) is 12.0 Å². The lowest BCUT2D eigenvalue weighted by molar-refractivity contribution is 0.530. The molecule has 2 nitrogen and oxygen atoms in total. The maximum absolute atomic E-state index is 5.48. The van der Waals surface area contributed by atoms with Crippen molar-refractivity contribution in [3.63, 3.8) is 0 Å². The molecular weight excluding hydrogens is 270 g/mol. The normalized spacial score (nSPS) is 9.73. The monoisotopic (exact) mass is 315 g/mol. The zero-order valence-electron chi connectivity index (χ0n) is 15.5. The Labute approximate surface area is 141 Å². The van der Waals surface area contributed by atoms with Crippen molar-refractivity contribution < 1.29 is 5.48 Å². The minimum absolute atomic E-state index is 0. The summed E-state index contributed by atoms with van der Waals surface area (Å²) in [7, 11) is 0. The van der Waals surface area contributed by atoms with Gasteiger partial charge < -0.3 is 11.2 Å². The number of hydrogen-bond acceptors (Lipinski definition) is 1. The molecule has 0 aromatic heterocycles. The fraction of sp³-hybridized carbons (Fsp3) is 0.900. The molecule has 0 aliphatic heterocycles. The van der Waals surface area contributed by atoms with Crippen LogP contribution in [-0.2, 0) is 0 Å². The van der Waals surface area contributed by atoms with E-state index in [-0.39, 0.29) is 5.48 Å². The summed E-state index contributed by atoms with van der Waals surface area (Å²) in [4.78, 5) is 0. The van der Waals surface area contributed by atoms with Crippen LogP contribution in [0, 0.1) is 0 Å². The van der Waals surface area contributed by atoms with Gasteiger partial charge in [-0.3, -0.25) is 0 Å². The van der Waals surface area contributed by atoms with Gasteiger partial charge in [-0.05, 0) is 13.0 Å². The first-order valence-electron chi connectivity index (χ1n) is 9.62. The van der Waals surface area contributed by atoms with E-state index in [0.717, 1.165) is 6.54 Å². The highest BCUT2D eigenvalue weighted by Crippen LogP contribution is 2.13. The SMILES string of the molecule is C=C.CCCCCCCCCCCCCCCCCCN.O. The van der Waals surface area contributed by atoms with Crippen molar-refractivity contribution in [3.05, 3.63) is 13.2 Å². The molecule has 2 heteroatoms. The molecule has 0 amide bonds. The van der Waals surface area contributed by atoms with Gasteiger partial charge in [-0.1, -0.05) is 103 Å². The van der Waals surface area contributed by atoms with Crippen LogP contribution in [0.1, 0.15) is 110 Å². The van der Waals surface area contributed by atoms with Gasteiger partial charge in [0.05, 0.1) is 0 Å². The topological polar surface area (TPSA) is 57.5 Å². The van der Waals surface area contributed by atoms with Crippen LogP contribution in [0.15, 0.2) is 13.2 Å². The summed E-state index contributed by atoms with van der Waals surface area (Å²) in [5, 5.41) is 0. The highest BCUT2D eigenvalue weighted by atomic mass is 16.0. The van der Waals surface area contributed by atoms with Gasteiger partial charge in [-0.25, -0.2) is 0 Å². The number of rotatable bonds is 16. The summed E-state index contributed by atoms with van der Waals surface area (Å²) in [6.45, 7) is 9.16. The second kappa shape index (κ2) is 28.8. The molecule has 0 aliphatic rings. The zero-order valence-corrected chi connectivity index (χ0v) is 15.5. The average molecular weight is 316 g/mol. The molecule has 0 saturated carbocycles. The van der Waals surface area contributed by atoms with Gasteiger partial charge in [-0.15, -0.1) is 13.2 Å². The molecule has 4 N–H and O–H groups in total. The van der Waals surface area contributed by atoms with E-state index in [9.17, 15) is 0 Å². The first kappa shape index (κ1) is 26.6. The Bertz CT molecular complexity index is 146. The molecule has 0 saturated heterocycles. The number of hydrogen-bond donors (Lipinski definition) is 1. The first-order valence-corrected chi connectivity index (χ1v) is 9.62. The molecular formula is C20H45NO. The summed E-state index contributed by atoms with van der Waals surface area (Å²) in [6, 6.07) is 0. The van der Waals surface area contributed by atoms with Crippen molar-refractivity contribution in [2.24, 2.45) is 5.73 Å². The van der Waals surface area contributed by atoms with Crippen molar-refractivity contribution >= 4 is 0 Å². The fourth-order valence-electron chi connectivity index (χ4n) is 2.69. The van der Waals surface area contributed by atoms with Crippen LogP contribution in [0.4, 0.5) is 0 Å². The highest BCUT2D eigenvalue weighted by Gasteiger charge is 1.94. The molecule has 0 aromatic rings. The van der Waals surface area contributed by atoms with Crippen LogP contribution in [0.3, 0.4) is 0 Å². The van der Waals surface area contributed by atoms with E-state index in [4.69, 9.17) is 5.73 Å². The number of unbranched alkanes of at least 4 members (excludes halogenated alkanes) is 15. The standard InChI is InChI=1S/C18H39N.C2H4.H2O/c1-2-3-4-5-6-7-8-9-10-11-12-13-14-15-16-17-18-19;1-2;/h2-19H2,1H3;1-2H2;1H2. The van der Waals surface area contributed by atoms with E-state index in [1.807, 2.05) is 0 Å². The minimum Gasteiger partial charge on any atom is -0.412 e. The molecule has 22 heavy (non-hydrogen) atoms. The van der Waals surface area contributed by atoms with Gasteiger partial charge in [0.25, 0.3) is 0 Å². The average Bonchev–Trinajstić information content (AvgIpc) is 2.53. The highest BCUT2D eigenvalue weighted by molar-refractivity contribution is 4.49. The minimum atomic E-state index is 0. The Morgan fingerprint density at radius 3 is 0.955 bits per heavy atom. The fourth-order valence-corrected chi connectivity index (χ4v) is 2.69. The van der Waals surface area contributed by atoms with Crippen molar-refractivity contribution in [2.75, 3.05) is 6.54 Å². The van der Waals surface area contributed by atoms with E-state index in [0.29, 0.717) is 0 Å². The van der Waals surface area contributed by atoms with Crippen molar-refractivity contribution in [2.45, 2.75) is 110 Å². The maximum atomic E-state index is 5.48. The summed E-state index contributed by atoms with van der Waals surface area (Å²) in [5.74, 6) is 0. The predicted molar refractivity (Wildman–Crippen MR) is 103 cm³/mol. The summed E-state index contributed by atoms with van der Waals surface area (Å²) >= 11 is 0. The summed E-state index contributed by atoms with van der Waals surface area (Å²) in [5.41, 5.74) is 5.48. The summed E-state index contributed by atoms with van der Waals surface area (Å²) in [6.07, 6.45) is 22.9. The van der Waals surface area contributed by atoms with Gasteiger partial charge in [0.2, 0.25) is 0 Å². The Hall–Kier alpha value is -0.340. The predicted octanol–water partition coefficient (Wildman–Crippen LogP) is 6.18. The Kier molecular flexibility index (Phi) is 34.7. The van der Waals surface area contributed by atoms with Gasteiger partial charge >= 0.3 is 0 Å². The largest absolute Gasteiger partial charge is 0.412 e. The second-order valence-corrected chi connectivity index (χ2v) is 6.09. The number of nitrogens with two attached hydrogens (primary N) is 1. The molecule has 0 unspecified atom stereocenters. The van der Waals surface area contributed by atoms with Crippen LogP contribution in [0.5, 0.6) is 0 Å². The molecule has 0 spiro atoms. The van der Waals surface area contributed by atoms with Gasteiger partial charge in [0, 0.05) is 0 Å². The summed E-state index contributed by atoms with van der Waals surface area (Å²) < 4.78 is 0. The Morgan fingerprint density at radius 1 is 0.500 bits per heavy atom. The van der Waals surface area contributed by atoms with E-state index in [1.54, 1.807) is 0 Å². The van der Waals surface area contributed by atoms with Gasteiger partial charge in [0.15, 0.2) is 0 Å². The van der Waals surface area contributed by atoms with Gasteiger partial charge in [0.1, 0.15) is 0 Å². The molecule has 0 bridgehead atoms. The van der Waals surface area contributed by atoms with Crippen LogP contribution < -0.4 is 5.73 Å².